The van der Waals surface area contributed by atoms with Crippen molar-refractivity contribution in [1.29, 1.82) is 0 Å². The predicted octanol–water partition coefficient (Wildman–Crippen LogP) is 3.87. The van der Waals surface area contributed by atoms with Gasteiger partial charge in [-0.3, -0.25) is 4.68 Å². The van der Waals surface area contributed by atoms with Crippen molar-refractivity contribution < 1.29 is 22.3 Å². The lowest BCUT2D eigenvalue weighted by molar-refractivity contribution is -0.176. The number of benzene rings is 1. The topological polar surface area (TPSA) is 66.0 Å². The molecule has 1 aromatic carbocycles. The van der Waals surface area contributed by atoms with Crippen LogP contribution in [0, 0.1) is 13.8 Å². The zero-order valence-corrected chi connectivity index (χ0v) is 15.0. The molecule has 0 saturated carbocycles. The molecular formula is C18H19F3N4O2. The van der Waals surface area contributed by atoms with E-state index >= 15 is 0 Å². The van der Waals surface area contributed by atoms with Crippen LogP contribution in [0.25, 0.3) is 11.5 Å². The summed E-state index contributed by atoms with van der Waals surface area (Å²) in [6.45, 7) is 3.10. The summed E-state index contributed by atoms with van der Waals surface area (Å²) < 4.78 is 48.7. The zero-order chi connectivity index (χ0) is 19.4. The fraction of sp³-hybridized carbons (Fsp3) is 0.389. The number of hydrogen-bond acceptors (Lipinski definition) is 5. The molecule has 9 heteroatoms. The van der Waals surface area contributed by atoms with E-state index in [9.17, 15) is 13.2 Å². The van der Waals surface area contributed by atoms with Gasteiger partial charge in [0, 0.05) is 24.2 Å². The van der Waals surface area contributed by atoms with Crippen molar-refractivity contribution in [2.24, 2.45) is 0 Å². The molecule has 0 aliphatic heterocycles. The van der Waals surface area contributed by atoms with E-state index in [1.165, 1.54) is 0 Å². The first kappa shape index (κ1) is 19.1. The highest BCUT2D eigenvalue weighted by atomic mass is 19.4. The summed E-state index contributed by atoms with van der Waals surface area (Å²) in [4.78, 5) is 0. The first-order chi connectivity index (χ1) is 12.8. The molecule has 0 atom stereocenters. The lowest BCUT2D eigenvalue weighted by Crippen LogP contribution is -2.16. The van der Waals surface area contributed by atoms with E-state index in [2.05, 4.69) is 20.0 Å². The highest BCUT2D eigenvalue weighted by Gasteiger charge is 2.27. The van der Waals surface area contributed by atoms with E-state index in [4.69, 9.17) is 4.42 Å². The Bertz CT molecular complexity index is 902. The molecule has 0 N–H and O–H groups in total. The van der Waals surface area contributed by atoms with Crippen molar-refractivity contribution in [2.75, 3.05) is 6.61 Å². The normalized spacial score (nSPS) is 11.9. The largest absolute Gasteiger partial charge is 0.421 e. The van der Waals surface area contributed by atoms with Crippen molar-refractivity contribution in [3.8, 4) is 11.5 Å². The fourth-order valence-electron chi connectivity index (χ4n) is 2.65. The Morgan fingerprint density at radius 3 is 2.67 bits per heavy atom. The minimum Gasteiger partial charge on any atom is -0.421 e. The zero-order valence-electron chi connectivity index (χ0n) is 15.0. The van der Waals surface area contributed by atoms with Gasteiger partial charge in [-0.1, -0.05) is 12.1 Å². The summed E-state index contributed by atoms with van der Waals surface area (Å²) >= 11 is 0. The quantitative estimate of drug-likeness (QED) is 0.623. The van der Waals surface area contributed by atoms with Gasteiger partial charge in [-0.05, 0) is 37.6 Å². The van der Waals surface area contributed by atoms with Gasteiger partial charge in [-0.2, -0.15) is 18.3 Å². The summed E-state index contributed by atoms with van der Waals surface area (Å²) in [5.74, 6) is 0.785. The Balaban J connectivity index is 1.62. The molecule has 0 fully saturated rings. The third-order valence-electron chi connectivity index (χ3n) is 3.82. The third-order valence-corrected chi connectivity index (χ3v) is 3.82. The Hall–Kier alpha value is -2.68. The molecule has 3 aromatic rings. The molecule has 0 aliphatic carbocycles. The van der Waals surface area contributed by atoms with Crippen LogP contribution in [-0.2, 0) is 24.3 Å². The number of nitrogens with zero attached hydrogens (tertiary/aromatic N) is 4. The molecule has 3 rings (SSSR count). The standard InChI is InChI=1S/C18H19F3N4O2/c1-12-8-13(2)25(24-12)7-6-16-22-23-17(27-16)15-5-3-4-14(9-15)10-26-11-18(19,20)21/h3-5,8-9H,6-7,10-11H2,1-2H3. The molecule has 0 spiro atoms. The van der Waals surface area contributed by atoms with Gasteiger partial charge in [0.05, 0.1) is 12.3 Å². The minimum absolute atomic E-state index is 0.147. The fourth-order valence-corrected chi connectivity index (χ4v) is 2.65. The van der Waals surface area contributed by atoms with Crippen LogP contribution in [0.5, 0.6) is 0 Å². The molecule has 0 radical (unpaired) electrons. The van der Waals surface area contributed by atoms with Crippen LogP contribution in [0.1, 0.15) is 22.8 Å². The van der Waals surface area contributed by atoms with Crippen molar-refractivity contribution in [3.05, 3.63) is 53.2 Å². The molecule has 0 amide bonds. The van der Waals surface area contributed by atoms with E-state index in [0.29, 0.717) is 35.9 Å². The van der Waals surface area contributed by atoms with E-state index in [1.54, 1.807) is 24.3 Å². The van der Waals surface area contributed by atoms with Gasteiger partial charge in [0.1, 0.15) is 6.61 Å². The maximum atomic E-state index is 12.2. The van der Waals surface area contributed by atoms with Crippen LogP contribution in [0.15, 0.2) is 34.7 Å². The van der Waals surface area contributed by atoms with Crippen molar-refractivity contribution in [2.45, 2.75) is 39.6 Å². The molecule has 27 heavy (non-hydrogen) atoms. The van der Waals surface area contributed by atoms with Crippen LogP contribution in [0.3, 0.4) is 0 Å². The number of aromatic nitrogens is 4. The number of aryl methyl sites for hydroxylation is 4. The van der Waals surface area contributed by atoms with E-state index in [-0.39, 0.29) is 6.61 Å². The maximum absolute atomic E-state index is 12.2. The monoisotopic (exact) mass is 380 g/mol. The second-order valence-electron chi connectivity index (χ2n) is 6.21. The van der Waals surface area contributed by atoms with Gasteiger partial charge < -0.3 is 9.15 Å². The third kappa shape index (κ3) is 5.40. The summed E-state index contributed by atoms with van der Waals surface area (Å²) in [5.41, 5.74) is 3.23. The van der Waals surface area contributed by atoms with Gasteiger partial charge in [0.2, 0.25) is 11.8 Å². The van der Waals surface area contributed by atoms with Crippen LogP contribution in [0.2, 0.25) is 0 Å². The van der Waals surface area contributed by atoms with Gasteiger partial charge in [0.25, 0.3) is 0 Å². The van der Waals surface area contributed by atoms with Crippen molar-refractivity contribution in [1.82, 2.24) is 20.0 Å². The molecule has 0 saturated heterocycles. The SMILES string of the molecule is Cc1cc(C)n(CCc2nnc(-c3cccc(COCC(F)(F)F)c3)o2)n1. The minimum atomic E-state index is -4.34. The van der Waals surface area contributed by atoms with Gasteiger partial charge in [0.15, 0.2) is 0 Å². The highest BCUT2D eigenvalue weighted by Crippen LogP contribution is 2.21. The maximum Gasteiger partial charge on any atom is 0.411 e. The van der Waals surface area contributed by atoms with Crippen molar-refractivity contribution in [3.63, 3.8) is 0 Å². The molecular weight excluding hydrogens is 361 g/mol. The van der Waals surface area contributed by atoms with Crippen LogP contribution in [0.4, 0.5) is 13.2 Å². The Morgan fingerprint density at radius 2 is 1.96 bits per heavy atom. The Morgan fingerprint density at radius 1 is 1.15 bits per heavy atom. The van der Waals surface area contributed by atoms with Crippen LogP contribution >= 0.6 is 0 Å². The van der Waals surface area contributed by atoms with E-state index in [0.717, 1.165) is 11.4 Å². The summed E-state index contributed by atoms with van der Waals surface area (Å²) in [7, 11) is 0. The predicted molar refractivity (Wildman–Crippen MR) is 90.9 cm³/mol. The summed E-state index contributed by atoms with van der Waals surface area (Å²) in [6.07, 6.45) is -3.81. The molecule has 0 unspecified atom stereocenters. The number of hydrogen-bond donors (Lipinski definition) is 0. The van der Waals surface area contributed by atoms with Gasteiger partial charge in [-0.15, -0.1) is 10.2 Å². The summed E-state index contributed by atoms with van der Waals surface area (Å²) in [6, 6.07) is 8.81. The Labute approximate surface area is 154 Å². The van der Waals surface area contributed by atoms with E-state index < -0.39 is 12.8 Å². The van der Waals surface area contributed by atoms with Gasteiger partial charge in [-0.25, -0.2) is 0 Å². The molecule has 2 heterocycles. The Kier molecular flexibility index (Phi) is 5.59. The number of alkyl halides is 3. The smallest absolute Gasteiger partial charge is 0.411 e. The molecule has 2 aromatic heterocycles. The number of rotatable bonds is 7. The van der Waals surface area contributed by atoms with E-state index in [1.807, 2.05) is 24.6 Å². The molecule has 0 bridgehead atoms. The van der Waals surface area contributed by atoms with Gasteiger partial charge >= 0.3 is 6.18 Å². The summed E-state index contributed by atoms with van der Waals surface area (Å²) in [5, 5.41) is 12.4. The lowest BCUT2D eigenvalue weighted by atomic mass is 10.1. The second-order valence-corrected chi connectivity index (χ2v) is 6.21. The van der Waals surface area contributed by atoms with Crippen LogP contribution < -0.4 is 0 Å². The average Bonchev–Trinajstić information content (AvgIpc) is 3.18. The lowest BCUT2D eigenvalue weighted by Gasteiger charge is -2.08. The van der Waals surface area contributed by atoms with Crippen molar-refractivity contribution >= 4 is 0 Å². The molecule has 0 aliphatic rings. The average molecular weight is 380 g/mol. The molecule has 6 nitrogen and oxygen atoms in total. The number of halogens is 3. The first-order valence-corrected chi connectivity index (χ1v) is 8.37. The first-order valence-electron chi connectivity index (χ1n) is 8.37. The van der Waals surface area contributed by atoms with Crippen LogP contribution in [-0.4, -0.2) is 32.8 Å². The second kappa shape index (κ2) is 7.91. The number of ether oxygens (including phenoxy) is 1. The highest BCUT2D eigenvalue weighted by molar-refractivity contribution is 5.53. The molecule has 144 valence electrons.